The second-order valence-corrected chi connectivity index (χ2v) is 6.27. The summed E-state index contributed by atoms with van der Waals surface area (Å²) in [6.45, 7) is 0. The maximum atomic E-state index is 13.6. The molecule has 3 aromatic rings. The van der Waals surface area contributed by atoms with E-state index in [2.05, 4.69) is 9.97 Å². The van der Waals surface area contributed by atoms with Gasteiger partial charge in [0, 0.05) is 42.1 Å². The van der Waals surface area contributed by atoms with Gasteiger partial charge in [0.25, 0.3) is 0 Å². The maximum Gasteiger partial charge on any atom is 0.165 e. The average Bonchev–Trinajstić information content (AvgIpc) is 2.99. The zero-order chi connectivity index (χ0) is 17.4. The Hall–Kier alpha value is -2.82. The Morgan fingerprint density at radius 2 is 1.84 bits per heavy atom. The summed E-state index contributed by atoms with van der Waals surface area (Å²) in [6.07, 6.45) is 5.91. The number of pyridine rings is 1. The van der Waals surface area contributed by atoms with Crippen molar-refractivity contribution >= 4 is 5.78 Å². The normalized spacial score (nSPS) is 13.8. The summed E-state index contributed by atoms with van der Waals surface area (Å²) in [6, 6.07) is 7.62. The molecule has 0 fully saturated rings. The number of aromatic nitrogens is 2. The van der Waals surface area contributed by atoms with Crippen molar-refractivity contribution in [1.29, 1.82) is 0 Å². The minimum Gasteiger partial charge on any atom is -0.358 e. The van der Waals surface area contributed by atoms with Crippen molar-refractivity contribution in [2.75, 3.05) is 0 Å². The number of nitrogens with one attached hydrogen (secondary N) is 1. The van der Waals surface area contributed by atoms with Gasteiger partial charge in [-0.3, -0.25) is 9.78 Å². The molecule has 0 saturated carbocycles. The van der Waals surface area contributed by atoms with Gasteiger partial charge in [0.2, 0.25) is 0 Å². The number of nitrogens with zero attached hydrogens (tertiary/aromatic N) is 1. The molecule has 0 amide bonds. The molecule has 0 radical (unpaired) electrons. The third-order valence-corrected chi connectivity index (χ3v) is 4.62. The fourth-order valence-electron chi connectivity index (χ4n) is 3.47. The third kappa shape index (κ3) is 2.86. The lowest BCUT2D eigenvalue weighted by atomic mass is 9.90. The van der Waals surface area contributed by atoms with Crippen LogP contribution in [0.1, 0.15) is 40.0 Å². The highest BCUT2D eigenvalue weighted by Gasteiger charge is 2.26. The molecule has 0 atom stereocenters. The molecule has 3 nitrogen and oxygen atoms in total. The molecular formula is C20H16F2N2O. The highest BCUT2D eigenvalue weighted by Crippen LogP contribution is 2.34. The molecule has 1 aliphatic rings. The summed E-state index contributed by atoms with van der Waals surface area (Å²) < 4.78 is 26.8. The first-order valence-corrected chi connectivity index (χ1v) is 8.24. The third-order valence-electron chi connectivity index (χ3n) is 4.62. The molecule has 25 heavy (non-hydrogen) atoms. The summed E-state index contributed by atoms with van der Waals surface area (Å²) in [5.74, 6) is -1.64. The van der Waals surface area contributed by atoms with Crippen molar-refractivity contribution in [3.8, 4) is 11.3 Å². The standard InChI is InChI=1S/C20H16F2N2O/c21-15-5-4-12(11-16(15)22)10-14-19-17(2-1-3-18(19)25)24-20(14)13-6-8-23-9-7-13/h4-9,11,24H,1-3,10H2. The monoisotopic (exact) mass is 338 g/mol. The van der Waals surface area contributed by atoms with Gasteiger partial charge >= 0.3 is 0 Å². The summed E-state index contributed by atoms with van der Waals surface area (Å²) >= 11 is 0. The molecule has 0 unspecified atom stereocenters. The first kappa shape index (κ1) is 15.7. The molecule has 0 bridgehead atoms. The van der Waals surface area contributed by atoms with Crippen LogP contribution in [0.2, 0.25) is 0 Å². The smallest absolute Gasteiger partial charge is 0.165 e. The van der Waals surface area contributed by atoms with Crippen LogP contribution in [0.25, 0.3) is 11.3 Å². The molecule has 0 spiro atoms. The number of carbonyl (C=O) groups excluding carboxylic acids is 1. The van der Waals surface area contributed by atoms with Crippen LogP contribution in [0.5, 0.6) is 0 Å². The Labute approximate surface area is 143 Å². The SMILES string of the molecule is O=C1CCCc2[nH]c(-c3ccncc3)c(Cc3ccc(F)c(F)c3)c21. The molecule has 0 aliphatic heterocycles. The molecule has 0 saturated heterocycles. The van der Waals surface area contributed by atoms with Gasteiger partial charge in [0.1, 0.15) is 0 Å². The number of halogens is 2. The Kier molecular flexibility index (Phi) is 3.92. The van der Waals surface area contributed by atoms with Gasteiger partial charge in [-0.2, -0.15) is 0 Å². The number of hydrogen-bond donors (Lipinski definition) is 1. The number of benzene rings is 1. The molecule has 2 heterocycles. The quantitative estimate of drug-likeness (QED) is 0.766. The number of aromatic amines is 1. The van der Waals surface area contributed by atoms with Gasteiger partial charge < -0.3 is 4.98 Å². The summed E-state index contributed by atoms with van der Waals surface area (Å²) in [7, 11) is 0. The highest BCUT2D eigenvalue weighted by molar-refractivity contribution is 6.01. The number of ketones is 1. The van der Waals surface area contributed by atoms with Crippen LogP contribution in [-0.4, -0.2) is 15.8 Å². The Balaban J connectivity index is 1.85. The number of hydrogen-bond acceptors (Lipinski definition) is 2. The minimum atomic E-state index is -0.876. The van der Waals surface area contributed by atoms with Crippen LogP contribution in [0.15, 0.2) is 42.7 Å². The summed E-state index contributed by atoms with van der Waals surface area (Å²) in [4.78, 5) is 19.9. The summed E-state index contributed by atoms with van der Waals surface area (Å²) in [5, 5.41) is 0. The predicted octanol–water partition coefficient (Wildman–Crippen LogP) is 4.46. The first-order valence-electron chi connectivity index (χ1n) is 8.24. The Morgan fingerprint density at radius 1 is 1.04 bits per heavy atom. The van der Waals surface area contributed by atoms with Crippen LogP contribution in [0, 0.1) is 11.6 Å². The lowest BCUT2D eigenvalue weighted by Gasteiger charge is -2.12. The van der Waals surface area contributed by atoms with Crippen LogP contribution in [-0.2, 0) is 12.8 Å². The van der Waals surface area contributed by atoms with Gasteiger partial charge in [-0.1, -0.05) is 6.07 Å². The topological polar surface area (TPSA) is 45.8 Å². The average molecular weight is 338 g/mol. The maximum absolute atomic E-state index is 13.6. The van der Waals surface area contributed by atoms with E-state index in [-0.39, 0.29) is 5.78 Å². The van der Waals surface area contributed by atoms with Crippen molar-refractivity contribution in [1.82, 2.24) is 9.97 Å². The fourth-order valence-corrected chi connectivity index (χ4v) is 3.47. The molecule has 126 valence electrons. The van der Waals surface area contributed by atoms with Crippen molar-refractivity contribution in [3.05, 3.63) is 76.7 Å². The molecule has 2 aromatic heterocycles. The molecule has 1 N–H and O–H groups in total. The Morgan fingerprint density at radius 3 is 2.60 bits per heavy atom. The van der Waals surface area contributed by atoms with E-state index in [0.29, 0.717) is 24.0 Å². The van der Waals surface area contributed by atoms with Gasteiger partial charge in [0.05, 0.1) is 5.69 Å². The number of aryl methyl sites for hydroxylation is 1. The summed E-state index contributed by atoms with van der Waals surface area (Å²) in [5.41, 5.74) is 4.90. The van der Waals surface area contributed by atoms with E-state index in [4.69, 9.17) is 0 Å². The van der Waals surface area contributed by atoms with Crippen molar-refractivity contribution < 1.29 is 13.6 Å². The molecule has 1 aromatic carbocycles. The predicted molar refractivity (Wildman–Crippen MR) is 90.5 cm³/mol. The van der Waals surface area contributed by atoms with E-state index in [1.54, 1.807) is 18.5 Å². The lowest BCUT2D eigenvalue weighted by Crippen LogP contribution is -2.11. The number of H-pyrrole nitrogens is 1. The number of carbonyl (C=O) groups is 1. The molecule has 5 heteroatoms. The zero-order valence-electron chi connectivity index (χ0n) is 13.5. The van der Waals surface area contributed by atoms with Crippen LogP contribution in [0.3, 0.4) is 0 Å². The van der Waals surface area contributed by atoms with Gasteiger partial charge in [-0.15, -0.1) is 0 Å². The first-order chi connectivity index (χ1) is 12.1. The van der Waals surface area contributed by atoms with Crippen LogP contribution >= 0.6 is 0 Å². The fraction of sp³-hybridized carbons (Fsp3) is 0.200. The van der Waals surface area contributed by atoms with E-state index in [1.807, 2.05) is 12.1 Å². The van der Waals surface area contributed by atoms with Crippen LogP contribution < -0.4 is 0 Å². The van der Waals surface area contributed by atoms with Crippen LogP contribution in [0.4, 0.5) is 8.78 Å². The molecule has 1 aliphatic carbocycles. The largest absolute Gasteiger partial charge is 0.358 e. The van der Waals surface area contributed by atoms with Gasteiger partial charge in [-0.05, 0) is 48.2 Å². The zero-order valence-corrected chi connectivity index (χ0v) is 13.5. The van der Waals surface area contributed by atoms with Crippen molar-refractivity contribution in [3.63, 3.8) is 0 Å². The number of fused-ring (bicyclic) bond motifs is 1. The van der Waals surface area contributed by atoms with Crippen molar-refractivity contribution in [2.24, 2.45) is 0 Å². The van der Waals surface area contributed by atoms with Gasteiger partial charge in [0.15, 0.2) is 17.4 Å². The molecular weight excluding hydrogens is 322 g/mol. The van der Waals surface area contributed by atoms with E-state index in [0.717, 1.165) is 41.4 Å². The van der Waals surface area contributed by atoms with E-state index >= 15 is 0 Å². The highest BCUT2D eigenvalue weighted by atomic mass is 19.2. The van der Waals surface area contributed by atoms with Gasteiger partial charge in [-0.25, -0.2) is 8.78 Å². The number of rotatable bonds is 3. The lowest BCUT2D eigenvalue weighted by molar-refractivity contribution is 0.0971. The van der Waals surface area contributed by atoms with E-state index in [9.17, 15) is 13.6 Å². The van der Waals surface area contributed by atoms with Crippen molar-refractivity contribution in [2.45, 2.75) is 25.7 Å². The van der Waals surface area contributed by atoms with E-state index < -0.39 is 11.6 Å². The molecule has 4 rings (SSSR count). The second kappa shape index (κ2) is 6.24. The van der Waals surface area contributed by atoms with E-state index in [1.165, 1.54) is 6.07 Å². The number of Topliss-reactive ketones (excluding diaryl/α,β-unsaturated/α-hetero) is 1. The second-order valence-electron chi connectivity index (χ2n) is 6.27. The Bertz CT molecular complexity index is 948. The minimum absolute atomic E-state index is 0.107.